The van der Waals surface area contributed by atoms with Crippen LogP contribution in [0.4, 0.5) is 0 Å². The molecule has 1 spiro atoms. The summed E-state index contributed by atoms with van der Waals surface area (Å²) < 4.78 is 8.67. The van der Waals surface area contributed by atoms with E-state index in [1.54, 1.807) is 24.1 Å². The first kappa shape index (κ1) is 14.8. The summed E-state index contributed by atoms with van der Waals surface area (Å²) in [5.74, 6) is 1.26. The molecule has 1 atom stereocenters. The number of piperidine rings is 1. The van der Waals surface area contributed by atoms with E-state index in [-0.39, 0.29) is 5.72 Å². The number of aromatic hydroxyl groups is 1. The van der Waals surface area contributed by atoms with Crippen LogP contribution in [0.1, 0.15) is 25.7 Å². The Morgan fingerprint density at radius 1 is 1.23 bits per heavy atom. The van der Waals surface area contributed by atoms with E-state index < -0.39 is 0 Å². The van der Waals surface area contributed by atoms with Gasteiger partial charge in [0.1, 0.15) is 11.5 Å². The van der Waals surface area contributed by atoms with Crippen LogP contribution < -0.4 is 0 Å². The van der Waals surface area contributed by atoms with Crippen molar-refractivity contribution >= 4 is 11.9 Å². The van der Waals surface area contributed by atoms with Gasteiger partial charge in [-0.25, -0.2) is 4.31 Å². The second kappa shape index (κ2) is 6.04. The average molecular weight is 320 g/mol. The normalized spacial score (nSPS) is 30.2. The summed E-state index contributed by atoms with van der Waals surface area (Å²) in [7, 11) is 0. The van der Waals surface area contributed by atoms with Crippen molar-refractivity contribution in [3.8, 4) is 5.75 Å². The van der Waals surface area contributed by atoms with Gasteiger partial charge in [0, 0.05) is 24.5 Å². The van der Waals surface area contributed by atoms with Gasteiger partial charge in [0.05, 0.1) is 6.61 Å². The fourth-order valence-corrected chi connectivity index (χ4v) is 4.63. The minimum atomic E-state index is -0.115. The molecular weight excluding hydrogens is 296 g/mol. The first-order valence-electron chi connectivity index (χ1n) is 8.34. The molecule has 120 valence electrons. The molecule has 1 aromatic carbocycles. The summed E-state index contributed by atoms with van der Waals surface area (Å²) in [6.07, 6.45) is 5.17. The van der Waals surface area contributed by atoms with Gasteiger partial charge < -0.3 is 9.84 Å². The van der Waals surface area contributed by atoms with Crippen LogP contribution in [0.25, 0.3) is 0 Å². The Morgan fingerprint density at radius 2 is 2.05 bits per heavy atom. The lowest BCUT2D eigenvalue weighted by Gasteiger charge is -2.44. The summed E-state index contributed by atoms with van der Waals surface area (Å²) in [5.41, 5.74) is -0.115. The van der Waals surface area contributed by atoms with Gasteiger partial charge >= 0.3 is 0 Å². The molecule has 4 rings (SSSR count). The maximum absolute atomic E-state index is 9.43. The number of benzene rings is 1. The molecule has 3 fully saturated rings. The van der Waals surface area contributed by atoms with Crippen LogP contribution in [-0.2, 0) is 4.74 Å². The largest absolute Gasteiger partial charge is 0.508 e. The Bertz CT molecular complexity index is 520. The van der Waals surface area contributed by atoms with Gasteiger partial charge in [0.15, 0.2) is 0 Å². The van der Waals surface area contributed by atoms with Gasteiger partial charge in [0.2, 0.25) is 0 Å². The third kappa shape index (κ3) is 3.13. The number of hydrogen-bond donors (Lipinski definition) is 1. The first-order chi connectivity index (χ1) is 10.7. The lowest BCUT2D eigenvalue weighted by molar-refractivity contribution is -0.0951. The molecule has 1 unspecified atom stereocenters. The number of likely N-dealkylation sites (tertiary alicyclic amines) is 1. The Balaban J connectivity index is 1.45. The van der Waals surface area contributed by atoms with E-state index in [0.717, 1.165) is 32.0 Å². The third-order valence-corrected chi connectivity index (χ3v) is 6.12. The number of hydrogen-bond acceptors (Lipinski definition) is 5. The molecule has 0 bridgehead atoms. The molecule has 1 N–H and O–H groups in total. The highest BCUT2D eigenvalue weighted by atomic mass is 32.2. The van der Waals surface area contributed by atoms with Gasteiger partial charge in [0.25, 0.3) is 0 Å². The first-order valence-corrected chi connectivity index (χ1v) is 9.12. The molecule has 3 aliphatic rings. The summed E-state index contributed by atoms with van der Waals surface area (Å²) in [4.78, 5) is 3.78. The van der Waals surface area contributed by atoms with Gasteiger partial charge in [-0.2, -0.15) is 0 Å². The van der Waals surface area contributed by atoms with E-state index in [4.69, 9.17) is 4.74 Å². The number of phenols is 1. The maximum Gasteiger partial charge on any atom is 0.143 e. The van der Waals surface area contributed by atoms with Crippen molar-refractivity contribution in [3.05, 3.63) is 24.3 Å². The van der Waals surface area contributed by atoms with E-state index in [0.29, 0.717) is 5.75 Å². The zero-order valence-electron chi connectivity index (χ0n) is 12.9. The zero-order chi connectivity index (χ0) is 15.0. The van der Waals surface area contributed by atoms with Crippen molar-refractivity contribution in [2.45, 2.75) is 36.3 Å². The molecule has 1 saturated carbocycles. The smallest absolute Gasteiger partial charge is 0.143 e. The average Bonchev–Trinajstić information content (AvgIpc) is 3.25. The van der Waals surface area contributed by atoms with E-state index in [2.05, 4.69) is 9.21 Å². The fraction of sp³-hybridized carbons (Fsp3) is 0.647. The highest BCUT2D eigenvalue weighted by molar-refractivity contribution is 7.97. The second-order valence-corrected chi connectivity index (χ2v) is 7.86. The number of rotatable bonds is 4. The van der Waals surface area contributed by atoms with Crippen LogP contribution in [0, 0.1) is 5.92 Å². The fourth-order valence-electron chi connectivity index (χ4n) is 3.59. The van der Waals surface area contributed by atoms with Gasteiger partial charge in [-0.05, 0) is 74.4 Å². The van der Waals surface area contributed by atoms with Crippen molar-refractivity contribution < 1.29 is 9.84 Å². The molecule has 1 aromatic rings. The molecule has 2 aliphatic heterocycles. The minimum Gasteiger partial charge on any atom is -0.508 e. The van der Waals surface area contributed by atoms with Crippen molar-refractivity contribution in [3.63, 3.8) is 0 Å². The summed E-state index contributed by atoms with van der Waals surface area (Å²) in [5, 5.41) is 9.43. The zero-order valence-corrected chi connectivity index (χ0v) is 13.7. The highest BCUT2D eigenvalue weighted by Crippen LogP contribution is 2.41. The standard InChI is InChI=1S/C17H24N2O2S/c20-15-4-6-16(7-5-15)22-19-10-11-21-17(19)8-1-9-18(13-17)12-14-2-3-14/h4-7,14,20H,1-3,8-13H2. The van der Waals surface area contributed by atoms with Crippen LogP contribution in [0.5, 0.6) is 5.75 Å². The Labute approximate surface area is 136 Å². The Kier molecular flexibility index (Phi) is 4.07. The van der Waals surface area contributed by atoms with Crippen molar-refractivity contribution in [2.24, 2.45) is 5.92 Å². The maximum atomic E-state index is 9.43. The molecule has 0 aromatic heterocycles. The predicted molar refractivity (Wildman–Crippen MR) is 87.8 cm³/mol. The molecule has 2 saturated heterocycles. The number of nitrogens with zero attached hydrogens (tertiary/aromatic N) is 2. The quantitative estimate of drug-likeness (QED) is 0.863. The molecule has 5 heteroatoms. The van der Waals surface area contributed by atoms with Gasteiger partial charge in [-0.1, -0.05) is 0 Å². The monoisotopic (exact) mass is 320 g/mol. The molecule has 2 heterocycles. The van der Waals surface area contributed by atoms with Crippen LogP contribution >= 0.6 is 11.9 Å². The van der Waals surface area contributed by atoms with Crippen molar-refractivity contribution in [1.82, 2.24) is 9.21 Å². The summed E-state index contributed by atoms with van der Waals surface area (Å²) in [6, 6.07) is 7.48. The van der Waals surface area contributed by atoms with Gasteiger partial charge in [-0.15, -0.1) is 0 Å². The van der Waals surface area contributed by atoms with Gasteiger partial charge in [-0.3, -0.25) is 4.90 Å². The van der Waals surface area contributed by atoms with Crippen LogP contribution in [0.15, 0.2) is 29.2 Å². The minimum absolute atomic E-state index is 0.115. The SMILES string of the molecule is Oc1ccc(SN2CCOC23CCCN(CC2CC2)C3)cc1. The molecular formula is C17H24N2O2S. The van der Waals surface area contributed by atoms with E-state index in [1.165, 1.54) is 37.2 Å². The van der Waals surface area contributed by atoms with E-state index >= 15 is 0 Å². The second-order valence-electron chi connectivity index (χ2n) is 6.76. The molecule has 4 nitrogen and oxygen atoms in total. The molecule has 1 aliphatic carbocycles. The number of phenolic OH excluding ortho intramolecular Hbond substituents is 1. The number of ether oxygens (including phenoxy) is 1. The molecule has 0 radical (unpaired) electrons. The van der Waals surface area contributed by atoms with Crippen LogP contribution in [-0.4, -0.2) is 52.8 Å². The summed E-state index contributed by atoms with van der Waals surface area (Å²) in [6.45, 7) is 5.31. The highest BCUT2D eigenvalue weighted by Gasteiger charge is 2.46. The van der Waals surface area contributed by atoms with Crippen LogP contribution in [0.2, 0.25) is 0 Å². The van der Waals surface area contributed by atoms with Crippen molar-refractivity contribution in [1.29, 1.82) is 0 Å². The molecule has 0 amide bonds. The Hall–Kier alpha value is -0.750. The predicted octanol–water partition coefficient (Wildman–Crippen LogP) is 2.93. The lowest BCUT2D eigenvalue weighted by atomic mass is 10.0. The Morgan fingerprint density at radius 3 is 2.82 bits per heavy atom. The van der Waals surface area contributed by atoms with Crippen LogP contribution in [0.3, 0.4) is 0 Å². The summed E-state index contributed by atoms with van der Waals surface area (Å²) >= 11 is 1.77. The molecule has 22 heavy (non-hydrogen) atoms. The lowest BCUT2D eigenvalue weighted by Crippen LogP contribution is -2.54. The van der Waals surface area contributed by atoms with Crippen molar-refractivity contribution in [2.75, 3.05) is 32.8 Å². The third-order valence-electron chi connectivity index (χ3n) is 4.90. The topological polar surface area (TPSA) is 35.9 Å². The van der Waals surface area contributed by atoms with E-state index in [1.807, 2.05) is 12.1 Å². The van der Waals surface area contributed by atoms with E-state index in [9.17, 15) is 5.11 Å².